The number of rotatable bonds is 5. The fraction of sp³-hybridized carbons (Fsp3) is 0.350. The predicted octanol–water partition coefficient (Wildman–Crippen LogP) is 2.94. The number of methoxy groups -OCH3 is 2. The molecule has 0 saturated heterocycles. The molecule has 1 aromatic rings. The maximum absolute atomic E-state index is 13.2. The second-order valence-corrected chi connectivity index (χ2v) is 7.51. The van der Waals surface area contributed by atoms with E-state index in [4.69, 9.17) is 9.47 Å². The Bertz CT molecular complexity index is 882. The second-order valence-electron chi connectivity index (χ2n) is 6.45. The van der Waals surface area contributed by atoms with Crippen molar-refractivity contribution in [2.75, 3.05) is 20.0 Å². The number of fused-ring (bicyclic) bond motifs is 1. The molecule has 0 bridgehead atoms. The van der Waals surface area contributed by atoms with Gasteiger partial charge in [-0.1, -0.05) is 18.2 Å². The molecular weight excluding hydrogens is 368 g/mol. The molecule has 6 nitrogen and oxygen atoms in total. The number of aliphatic carboxylic acids is 1. The average Bonchev–Trinajstić information content (AvgIpc) is 2.65. The third-order valence-corrected chi connectivity index (χ3v) is 6.22. The van der Waals surface area contributed by atoms with Gasteiger partial charge in [0.25, 0.3) is 0 Å². The third-order valence-electron chi connectivity index (χ3n) is 4.94. The lowest BCUT2D eigenvalue weighted by atomic mass is 9.73. The zero-order valence-electron chi connectivity index (χ0n) is 15.3. The van der Waals surface area contributed by atoms with E-state index in [9.17, 15) is 19.5 Å². The molecule has 27 heavy (non-hydrogen) atoms. The highest BCUT2D eigenvalue weighted by molar-refractivity contribution is 7.99. The van der Waals surface area contributed by atoms with Gasteiger partial charge in [-0.25, -0.2) is 0 Å². The summed E-state index contributed by atoms with van der Waals surface area (Å²) in [6, 6.07) is 7.59. The highest BCUT2D eigenvalue weighted by Gasteiger charge is 2.43. The Kier molecular flexibility index (Phi) is 5.41. The molecule has 1 heterocycles. The summed E-state index contributed by atoms with van der Waals surface area (Å²) in [5.74, 6) is -2.26. The fourth-order valence-corrected chi connectivity index (χ4v) is 4.99. The molecule has 0 saturated carbocycles. The fourth-order valence-electron chi connectivity index (χ4n) is 3.74. The number of hydrogen-bond acceptors (Lipinski definition) is 6. The average molecular weight is 388 g/mol. The van der Waals surface area contributed by atoms with Crippen molar-refractivity contribution in [2.45, 2.75) is 24.2 Å². The number of carbonyl (C=O) groups is 3. The van der Waals surface area contributed by atoms with E-state index in [0.29, 0.717) is 11.3 Å². The van der Waals surface area contributed by atoms with Crippen molar-refractivity contribution in [2.24, 2.45) is 5.92 Å². The Balaban J connectivity index is 2.18. The predicted molar refractivity (Wildman–Crippen MR) is 99.4 cm³/mol. The molecule has 0 radical (unpaired) electrons. The third kappa shape index (κ3) is 3.27. The van der Waals surface area contributed by atoms with Gasteiger partial charge in [0.1, 0.15) is 0 Å². The monoisotopic (exact) mass is 388 g/mol. The van der Waals surface area contributed by atoms with Crippen molar-refractivity contribution in [3.63, 3.8) is 0 Å². The number of allylic oxidation sites excluding steroid dienone is 2. The van der Waals surface area contributed by atoms with E-state index in [1.165, 1.54) is 14.2 Å². The van der Waals surface area contributed by atoms with Gasteiger partial charge in [-0.3, -0.25) is 14.4 Å². The number of ketones is 2. The van der Waals surface area contributed by atoms with Crippen molar-refractivity contribution in [1.82, 2.24) is 0 Å². The largest absolute Gasteiger partial charge is 0.489 e. The minimum absolute atomic E-state index is 0.0899. The van der Waals surface area contributed by atoms with E-state index in [1.807, 2.05) is 24.3 Å². The Labute approximate surface area is 161 Å². The van der Waals surface area contributed by atoms with Crippen LogP contribution in [0.2, 0.25) is 0 Å². The van der Waals surface area contributed by atoms with Crippen LogP contribution < -0.4 is 0 Å². The first-order chi connectivity index (χ1) is 12.9. The Hall–Kier alpha value is -2.54. The van der Waals surface area contributed by atoms with Crippen LogP contribution >= 0.6 is 11.8 Å². The lowest BCUT2D eigenvalue weighted by molar-refractivity contribution is -0.138. The van der Waals surface area contributed by atoms with Crippen LogP contribution in [0.25, 0.3) is 0 Å². The molecule has 1 aromatic carbocycles. The molecular formula is C20H20O6S. The van der Waals surface area contributed by atoms with E-state index in [1.54, 1.807) is 18.7 Å². The Morgan fingerprint density at radius 3 is 2.41 bits per heavy atom. The van der Waals surface area contributed by atoms with Crippen LogP contribution in [0.15, 0.2) is 51.8 Å². The lowest BCUT2D eigenvalue weighted by Gasteiger charge is -2.35. The summed E-state index contributed by atoms with van der Waals surface area (Å²) >= 11 is 1.57. The quantitative estimate of drug-likeness (QED) is 0.776. The SMILES string of the molecule is COC1=C(OC)C(=O)C(C2c3ccccc3SCC2CC(=O)O)=C(C)C1=O. The number of carboxylic acid groups (broad SMARTS) is 1. The van der Waals surface area contributed by atoms with E-state index in [-0.39, 0.29) is 29.4 Å². The van der Waals surface area contributed by atoms with Gasteiger partial charge in [0.15, 0.2) is 0 Å². The summed E-state index contributed by atoms with van der Waals surface area (Å²) in [5, 5.41) is 9.36. The summed E-state index contributed by atoms with van der Waals surface area (Å²) in [5.41, 5.74) is 1.45. The van der Waals surface area contributed by atoms with Crippen LogP contribution in [0.4, 0.5) is 0 Å². The van der Waals surface area contributed by atoms with Gasteiger partial charge in [-0.15, -0.1) is 11.8 Å². The number of benzene rings is 1. The van der Waals surface area contributed by atoms with Gasteiger partial charge in [0.2, 0.25) is 23.1 Å². The van der Waals surface area contributed by atoms with Gasteiger partial charge in [-0.05, 0) is 24.5 Å². The summed E-state index contributed by atoms with van der Waals surface area (Å²) in [4.78, 5) is 38.4. The number of carbonyl (C=O) groups excluding carboxylic acids is 2. The molecule has 0 amide bonds. The second kappa shape index (κ2) is 7.60. The number of carboxylic acids is 1. The molecule has 0 fully saturated rings. The summed E-state index contributed by atoms with van der Waals surface area (Å²) in [6.07, 6.45) is -0.0899. The molecule has 3 rings (SSSR count). The van der Waals surface area contributed by atoms with Gasteiger partial charge < -0.3 is 14.6 Å². The van der Waals surface area contributed by atoms with Gasteiger partial charge in [-0.2, -0.15) is 0 Å². The smallest absolute Gasteiger partial charge is 0.303 e. The molecule has 142 valence electrons. The van der Waals surface area contributed by atoms with Crippen molar-refractivity contribution >= 4 is 29.3 Å². The van der Waals surface area contributed by atoms with Crippen LogP contribution in [0.1, 0.15) is 24.8 Å². The van der Waals surface area contributed by atoms with Crippen molar-refractivity contribution in [1.29, 1.82) is 0 Å². The van der Waals surface area contributed by atoms with Crippen LogP contribution in [0, 0.1) is 5.92 Å². The minimum Gasteiger partial charge on any atom is -0.489 e. The number of ether oxygens (including phenoxy) is 2. The van der Waals surface area contributed by atoms with Gasteiger partial charge in [0.05, 0.1) is 14.2 Å². The zero-order chi connectivity index (χ0) is 19.7. The van der Waals surface area contributed by atoms with Crippen LogP contribution in [0.5, 0.6) is 0 Å². The molecule has 0 spiro atoms. The van der Waals surface area contributed by atoms with E-state index in [0.717, 1.165) is 10.5 Å². The Morgan fingerprint density at radius 1 is 1.15 bits per heavy atom. The number of Topliss-reactive ketones (excluding diaryl/α,β-unsaturated/α-hetero) is 2. The summed E-state index contributed by atoms with van der Waals surface area (Å²) in [7, 11) is 2.63. The zero-order valence-corrected chi connectivity index (χ0v) is 16.1. The lowest BCUT2D eigenvalue weighted by Crippen LogP contribution is -2.33. The maximum atomic E-state index is 13.2. The number of hydrogen-bond donors (Lipinski definition) is 1. The van der Waals surface area contributed by atoms with Crippen molar-refractivity contribution in [3.8, 4) is 0 Å². The van der Waals surface area contributed by atoms with E-state index >= 15 is 0 Å². The van der Waals surface area contributed by atoms with Crippen LogP contribution in [-0.2, 0) is 23.9 Å². The minimum atomic E-state index is -0.932. The molecule has 2 unspecified atom stereocenters. The van der Waals surface area contributed by atoms with E-state index < -0.39 is 23.5 Å². The molecule has 2 aliphatic rings. The first kappa shape index (κ1) is 19.2. The topological polar surface area (TPSA) is 89.9 Å². The van der Waals surface area contributed by atoms with Crippen LogP contribution in [0.3, 0.4) is 0 Å². The molecule has 1 aliphatic heterocycles. The van der Waals surface area contributed by atoms with Gasteiger partial charge >= 0.3 is 5.97 Å². The first-order valence-corrected chi connectivity index (χ1v) is 9.45. The molecule has 1 aliphatic carbocycles. The Morgan fingerprint density at radius 2 is 1.78 bits per heavy atom. The molecule has 0 aromatic heterocycles. The summed E-state index contributed by atoms with van der Waals surface area (Å²) in [6.45, 7) is 1.59. The van der Waals surface area contributed by atoms with Gasteiger partial charge in [0, 0.05) is 34.1 Å². The number of thioether (sulfide) groups is 1. The standard InChI is InChI=1S/C20H20O6S/c1-10-15(18(24)20(26-3)19(25-2)17(10)23)16-11(8-14(21)22)9-27-13-7-5-4-6-12(13)16/h4-7,11,16H,8-9H2,1-3H3,(H,21,22). The highest BCUT2D eigenvalue weighted by atomic mass is 32.2. The molecule has 1 N–H and O–H groups in total. The normalized spacial score (nSPS) is 22.6. The van der Waals surface area contributed by atoms with E-state index in [2.05, 4.69) is 0 Å². The van der Waals surface area contributed by atoms with Crippen molar-refractivity contribution in [3.05, 3.63) is 52.5 Å². The summed E-state index contributed by atoms with van der Waals surface area (Å²) < 4.78 is 10.3. The first-order valence-electron chi connectivity index (χ1n) is 8.46. The van der Waals surface area contributed by atoms with Crippen molar-refractivity contribution < 1.29 is 29.0 Å². The molecule has 2 atom stereocenters. The maximum Gasteiger partial charge on any atom is 0.303 e. The van der Waals surface area contributed by atoms with Crippen LogP contribution in [-0.4, -0.2) is 42.6 Å². The highest BCUT2D eigenvalue weighted by Crippen LogP contribution is 2.48. The molecule has 7 heteroatoms.